The van der Waals surface area contributed by atoms with Gasteiger partial charge >= 0.3 is 11.9 Å². The Morgan fingerprint density at radius 3 is 2.14 bits per heavy atom. The zero-order valence-corrected chi connectivity index (χ0v) is 15.2. The first kappa shape index (κ1) is 18.3. The number of carbonyl (C=O) groups excluding carboxylic acids is 1. The number of aromatic hydroxyl groups is 1. The van der Waals surface area contributed by atoms with Crippen LogP contribution < -0.4 is 4.74 Å². The summed E-state index contributed by atoms with van der Waals surface area (Å²) in [4.78, 5) is 24.5. The zero-order valence-electron chi connectivity index (χ0n) is 15.2. The quantitative estimate of drug-likeness (QED) is 0.376. The number of carboxylic acid groups (broad SMARTS) is 1. The van der Waals surface area contributed by atoms with Crippen molar-refractivity contribution in [2.24, 2.45) is 0 Å². The number of fused-ring (bicyclic) bond motifs is 1. The largest absolute Gasteiger partial charge is 0.508 e. The summed E-state index contributed by atoms with van der Waals surface area (Å²) < 4.78 is 5.57. The number of carboxylic acids is 1. The second kappa shape index (κ2) is 7.48. The highest BCUT2D eigenvalue weighted by Gasteiger charge is 2.21. The second-order valence-corrected chi connectivity index (χ2v) is 6.45. The van der Waals surface area contributed by atoms with Crippen molar-refractivity contribution in [3.63, 3.8) is 0 Å². The monoisotopic (exact) mass is 384 g/mol. The number of benzene rings is 4. The van der Waals surface area contributed by atoms with E-state index < -0.39 is 11.9 Å². The Morgan fingerprint density at radius 1 is 0.724 bits per heavy atom. The van der Waals surface area contributed by atoms with Gasteiger partial charge in [0.05, 0.1) is 5.56 Å². The molecule has 0 saturated carbocycles. The number of esters is 1. The van der Waals surface area contributed by atoms with Crippen molar-refractivity contribution in [3.05, 3.63) is 96.1 Å². The summed E-state index contributed by atoms with van der Waals surface area (Å²) >= 11 is 0. The molecule has 0 aliphatic heterocycles. The Labute approximate surface area is 166 Å². The minimum Gasteiger partial charge on any atom is -0.508 e. The number of phenolic OH excluding ortho intramolecular Hbond substituents is 1. The Hall–Kier alpha value is -4.12. The number of hydrogen-bond acceptors (Lipinski definition) is 4. The van der Waals surface area contributed by atoms with E-state index in [4.69, 9.17) is 4.74 Å². The number of para-hydroxylation sites is 1. The van der Waals surface area contributed by atoms with Crippen molar-refractivity contribution in [2.45, 2.75) is 0 Å². The van der Waals surface area contributed by atoms with Gasteiger partial charge < -0.3 is 14.9 Å². The maximum absolute atomic E-state index is 12.7. The van der Waals surface area contributed by atoms with Gasteiger partial charge in [0.25, 0.3) is 0 Å². The van der Waals surface area contributed by atoms with Crippen LogP contribution in [0.15, 0.2) is 84.9 Å². The van der Waals surface area contributed by atoms with E-state index in [1.54, 1.807) is 12.1 Å². The highest BCUT2D eigenvalue weighted by molar-refractivity contribution is 6.03. The lowest BCUT2D eigenvalue weighted by atomic mass is 9.96. The van der Waals surface area contributed by atoms with Gasteiger partial charge in [0.1, 0.15) is 11.3 Å². The van der Waals surface area contributed by atoms with Crippen LogP contribution in [0, 0.1) is 0 Å². The standard InChI is InChI=1S/C24H16O5/c25-17-13-11-16(12-14-17)24(28)29-22-20(9-4-10-21(22)23(26)27)19-8-3-6-15-5-1-2-7-18(15)19/h1-14,25H,(H,26,27). The third-order valence-electron chi connectivity index (χ3n) is 4.62. The highest BCUT2D eigenvalue weighted by atomic mass is 16.5. The van der Waals surface area contributed by atoms with E-state index in [2.05, 4.69) is 0 Å². The van der Waals surface area contributed by atoms with E-state index in [1.807, 2.05) is 42.5 Å². The van der Waals surface area contributed by atoms with E-state index in [1.165, 1.54) is 30.3 Å². The summed E-state index contributed by atoms with van der Waals surface area (Å²) in [5.74, 6) is -1.90. The number of phenols is 1. The fraction of sp³-hybridized carbons (Fsp3) is 0. The van der Waals surface area contributed by atoms with E-state index in [9.17, 15) is 19.8 Å². The van der Waals surface area contributed by atoms with Crippen LogP contribution in [0.2, 0.25) is 0 Å². The maximum atomic E-state index is 12.7. The molecule has 0 amide bonds. The molecule has 0 spiro atoms. The smallest absolute Gasteiger partial charge is 0.343 e. The topological polar surface area (TPSA) is 83.8 Å². The van der Waals surface area contributed by atoms with E-state index in [0.29, 0.717) is 5.56 Å². The van der Waals surface area contributed by atoms with Gasteiger partial charge in [-0.3, -0.25) is 0 Å². The van der Waals surface area contributed by atoms with Crippen LogP contribution >= 0.6 is 0 Å². The molecule has 0 saturated heterocycles. The number of aromatic carboxylic acids is 1. The van der Waals surface area contributed by atoms with E-state index in [-0.39, 0.29) is 22.6 Å². The zero-order chi connectivity index (χ0) is 20.4. The molecule has 0 heterocycles. The van der Waals surface area contributed by atoms with Crippen molar-refractivity contribution < 1.29 is 24.5 Å². The molecule has 4 rings (SSSR count). The minimum absolute atomic E-state index is 0.0175. The number of rotatable bonds is 4. The van der Waals surface area contributed by atoms with E-state index in [0.717, 1.165) is 16.3 Å². The molecule has 4 aromatic rings. The lowest BCUT2D eigenvalue weighted by Gasteiger charge is -2.15. The van der Waals surface area contributed by atoms with Gasteiger partial charge in [-0.2, -0.15) is 0 Å². The predicted molar refractivity (Wildman–Crippen MR) is 109 cm³/mol. The number of hydrogen-bond donors (Lipinski definition) is 2. The number of carbonyl (C=O) groups is 2. The fourth-order valence-corrected chi connectivity index (χ4v) is 3.24. The van der Waals surface area contributed by atoms with E-state index >= 15 is 0 Å². The molecule has 142 valence electrons. The average molecular weight is 384 g/mol. The van der Waals surface area contributed by atoms with Crippen LogP contribution in [0.25, 0.3) is 21.9 Å². The molecule has 0 atom stereocenters. The van der Waals surface area contributed by atoms with Crippen LogP contribution in [-0.4, -0.2) is 22.2 Å². The van der Waals surface area contributed by atoms with Gasteiger partial charge in [-0.15, -0.1) is 0 Å². The molecule has 0 bridgehead atoms. The Balaban J connectivity index is 1.87. The lowest BCUT2D eigenvalue weighted by molar-refractivity contribution is 0.0682. The van der Waals surface area contributed by atoms with Crippen molar-refractivity contribution >= 4 is 22.7 Å². The van der Waals surface area contributed by atoms with Gasteiger partial charge in [0, 0.05) is 5.56 Å². The van der Waals surface area contributed by atoms with Crippen LogP contribution in [-0.2, 0) is 0 Å². The van der Waals surface area contributed by atoms with Crippen molar-refractivity contribution in [3.8, 4) is 22.6 Å². The Morgan fingerprint density at radius 2 is 1.38 bits per heavy atom. The summed E-state index contributed by atoms with van der Waals surface area (Å²) in [6, 6.07) is 23.7. The molecular weight excluding hydrogens is 368 g/mol. The molecule has 5 nitrogen and oxygen atoms in total. The van der Waals surface area contributed by atoms with Crippen molar-refractivity contribution in [1.82, 2.24) is 0 Å². The lowest BCUT2D eigenvalue weighted by Crippen LogP contribution is -2.12. The molecule has 29 heavy (non-hydrogen) atoms. The third-order valence-corrected chi connectivity index (χ3v) is 4.62. The highest BCUT2D eigenvalue weighted by Crippen LogP contribution is 2.37. The van der Waals surface area contributed by atoms with Crippen molar-refractivity contribution in [1.29, 1.82) is 0 Å². The molecule has 0 fully saturated rings. The van der Waals surface area contributed by atoms with Gasteiger partial charge in [0.15, 0.2) is 5.75 Å². The molecule has 0 aliphatic carbocycles. The molecule has 0 unspecified atom stereocenters. The summed E-state index contributed by atoms with van der Waals surface area (Å²) in [7, 11) is 0. The predicted octanol–water partition coefficient (Wildman–Crippen LogP) is 5.13. The summed E-state index contributed by atoms with van der Waals surface area (Å²) in [6.45, 7) is 0. The molecule has 2 N–H and O–H groups in total. The van der Waals surface area contributed by atoms with Crippen LogP contribution in [0.5, 0.6) is 11.5 Å². The first-order chi connectivity index (χ1) is 14.0. The van der Waals surface area contributed by atoms with Crippen LogP contribution in [0.4, 0.5) is 0 Å². The van der Waals surface area contributed by atoms with Crippen LogP contribution in [0.3, 0.4) is 0 Å². The summed E-state index contributed by atoms with van der Waals surface area (Å²) in [5, 5.41) is 21.0. The molecule has 0 aromatic heterocycles. The molecular formula is C24H16O5. The average Bonchev–Trinajstić information content (AvgIpc) is 2.74. The molecule has 0 aliphatic rings. The summed E-state index contributed by atoms with van der Waals surface area (Å²) in [6.07, 6.45) is 0. The maximum Gasteiger partial charge on any atom is 0.343 e. The summed E-state index contributed by atoms with van der Waals surface area (Å²) in [5.41, 5.74) is 1.36. The Bertz CT molecular complexity index is 1220. The Kier molecular flexibility index (Phi) is 4.71. The van der Waals surface area contributed by atoms with Gasteiger partial charge in [-0.25, -0.2) is 9.59 Å². The second-order valence-electron chi connectivity index (χ2n) is 6.45. The number of ether oxygens (including phenoxy) is 1. The molecule has 4 aromatic carbocycles. The third kappa shape index (κ3) is 3.53. The SMILES string of the molecule is O=C(Oc1c(C(=O)O)cccc1-c1cccc2ccccc12)c1ccc(O)cc1. The van der Waals surface area contributed by atoms with Crippen molar-refractivity contribution in [2.75, 3.05) is 0 Å². The fourth-order valence-electron chi connectivity index (χ4n) is 3.24. The van der Waals surface area contributed by atoms with Gasteiger partial charge in [0.2, 0.25) is 0 Å². The first-order valence-corrected chi connectivity index (χ1v) is 8.90. The normalized spacial score (nSPS) is 10.6. The van der Waals surface area contributed by atoms with Gasteiger partial charge in [-0.05, 0) is 46.7 Å². The van der Waals surface area contributed by atoms with Gasteiger partial charge in [-0.1, -0.05) is 54.6 Å². The molecule has 0 radical (unpaired) electrons. The van der Waals surface area contributed by atoms with Crippen LogP contribution in [0.1, 0.15) is 20.7 Å². The molecule has 5 heteroatoms. The minimum atomic E-state index is -1.19. The first-order valence-electron chi connectivity index (χ1n) is 8.90.